The summed E-state index contributed by atoms with van der Waals surface area (Å²) in [7, 11) is 0. The van der Waals surface area contributed by atoms with Crippen LogP contribution in [0.2, 0.25) is 0 Å². The molecule has 4 rings (SSSR count). The van der Waals surface area contributed by atoms with Crippen molar-refractivity contribution in [1.29, 1.82) is 0 Å². The average molecular weight is 357 g/mol. The molecule has 132 valence electrons. The smallest absolute Gasteiger partial charge is 0.334 e. The number of aryl methyl sites for hydroxylation is 1. The van der Waals surface area contributed by atoms with Crippen molar-refractivity contribution >= 4 is 16.6 Å². The zero-order valence-corrected chi connectivity index (χ0v) is 14.5. The molecule has 0 aliphatic rings. The van der Waals surface area contributed by atoms with Crippen LogP contribution in [0.4, 0.5) is 5.69 Å². The molecule has 3 aromatic carbocycles. The molecule has 6 nitrogen and oxygen atoms in total. The number of hydrogen-bond donors (Lipinski definition) is 0. The number of rotatable bonds is 3. The zero-order chi connectivity index (χ0) is 19.0. The lowest BCUT2D eigenvalue weighted by molar-refractivity contribution is -0.583. The number of para-hydroxylation sites is 1. The third kappa shape index (κ3) is 2.97. The largest absolute Gasteiger partial charge is 0.710 e. The maximum Gasteiger partial charge on any atom is 0.334 e. The summed E-state index contributed by atoms with van der Waals surface area (Å²) in [4.78, 5) is 14.9. The van der Waals surface area contributed by atoms with Gasteiger partial charge in [-0.1, -0.05) is 35.9 Å². The second kappa shape index (κ2) is 6.49. The van der Waals surface area contributed by atoms with Crippen LogP contribution in [-0.2, 0) is 0 Å². The first-order chi connectivity index (χ1) is 13.0. The van der Waals surface area contributed by atoms with E-state index < -0.39 is 4.92 Å². The second-order valence-electron chi connectivity index (χ2n) is 6.27. The van der Waals surface area contributed by atoms with Gasteiger partial charge < -0.3 is 5.21 Å². The third-order valence-corrected chi connectivity index (χ3v) is 4.41. The van der Waals surface area contributed by atoms with Crippen LogP contribution in [0.25, 0.3) is 33.5 Å². The molecular weight excluding hydrogens is 342 g/mol. The molecule has 0 radical (unpaired) electrons. The normalized spacial score (nSPS) is 10.9. The summed E-state index contributed by atoms with van der Waals surface area (Å²) in [6.45, 7) is 1.97. The van der Waals surface area contributed by atoms with Crippen LogP contribution < -0.4 is 4.73 Å². The molecule has 0 atom stereocenters. The molecule has 0 aliphatic heterocycles. The first kappa shape index (κ1) is 16.7. The van der Waals surface area contributed by atoms with Gasteiger partial charge >= 0.3 is 5.82 Å². The Bertz CT molecular complexity index is 1170. The highest BCUT2D eigenvalue weighted by atomic mass is 16.6. The van der Waals surface area contributed by atoms with Gasteiger partial charge in [-0.3, -0.25) is 10.1 Å². The zero-order valence-electron chi connectivity index (χ0n) is 14.5. The Morgan fingerprint density at radius 2 is 1.67 bits per heavy atom. The highest BCUT2D eigenvalue weighted by Crippen LogP contribution is 2.28. The summed E-state index contributed by atoms with van der Waals surface area (Å²) in [6, 6.07) is 21.0. The summed E-state index contributed by atoms with van der Waals surface area (Å²) in [5.74, 6) is 0.208. The Balaban J connectivity index is 2.00. The van der Waals surface area contributed by atoms with E-state index >= 15 is 0 Å². The molecule has 0 saturated carbocycles. The van der Waals surface area contributed by atoms with Gasteiger partial charge in [0.2, 0.25) is 0 Å². The molecular formula is C21H15N3O3. The van der Waals surface area contributed by atoms with Crippen molar-refractivity contribution < 1.29 is 9.65 Å². The van der Waals surface area contributed by atoms with Crippen LogP contribution in [0.15, 0.2) is 72.8 Å². The van der Waals surface area contributed by atoms with E-state index in [4.69, 9.17) is 0 Å². The summed E-state index contributed by atoms with van der Waals surface area (Å²) < 4.78 is 0.804. The van der Waals surface area contributed by atoms with Crippen LogP contribution in [-0.4, -0.2) is 9.91 Å². The van der Waals surface area contributed by atoms with E-state index in [-0.39, 0.29) is 11.5 Å². The Morgan fingerprint density at radius 1 is 0.926 bits per heavy atom. The minimum absolute atomic E-state index is 0.0316. The molecule has 0 fully saturated rings. The molecule has 0 aliphatic carbocycles. The van der Waals surface area contributed by atoms with Crippen LogP contribution in [0, 0.1) is 22.2 Å². The Kier molecular flexibility index (Phi) is 4.01. The lowest BCUT2D eigenvalue weighted by Crippen LogP contribution is -2.33. The first-order valence-corrected chi connectivity index (χ1v) is 8.39. The van der Waals surface area contributed by atoms with E-state index in [0.717, 1.165) is 21.2 Å². The van der Waals surface area contributed by atoms with Crippen LogP contribution in [0.3, 0.4) is 0 Å². The molecule has 0 N–H and O–H groups in total. The highest BCUT2D eigenvalue weighted by Gasteiger charge is 2.21. The lowest BCUT2D eigenvalue weighted by atomic mass is 10.0. The third-order valence-electron chi connectivity index (χ3n) is 4.41. The average Bonchev–Trinajstić information content (AvgIpc) is 2.67. The summed E-state index contributed by atoms with van der Waals surface area (Å²) in [5, 5.41) is 24.9. The van der Waals surface area contributed by atoms with Crippen molar-refractivity contribution in [2.24, 2.45) is 0 Å². The van der Waals surface area contributed by atoms with E-state index in [9.17, 15) is 15.3 Å². The summed E-state index contributed by atoms with van der Waals surface area (Å²) >= 11 is 0. The van der Waals surface area contributed by atoms with E-state index in [0.29, 0.717) is 16.8 Å². The number of non-ortho nitro benzene ring substituents is 1. The van der Waals surface area contributed by atoms with Gasteiger partial charge in [-0.15, -0.1) is 0 Å². The minimum Gasteiger partial charge on any atom is -0.710 e. The molecule has 27 heavy (non-hydrogen) atoms. The van der Waals surface area contributed by atoms with Crippen molar-refractivity contribution in [2.45, 2.75) is 6.92 Å². The van der Waals surface area contributed by atoms with Crippen LogP contribution >= 0.6 is 0 Å². The number of nitro benzene ring substituents is 1. The van der Waals surface area contributed by atoms with Crippen molar-refractivity contribution in [3.63, 3.8) is 0 Å². The summed E-state index contributed by atoms with van der Waals surface area (Å²) in [5.41, 5.74) is 3.54. The molecule has 1 heterocycles. The number of nitrogens with zero attached hydrogens (tertiary/aromatic N) is 3. The van der Waals surface area contributed by atoms with Gasteiger partial charge in [-0.2, -0.15) is 0 Å². The Hall–Kier alpha value is -3.80. The maximum atomic E-state index is 13.2. The van der Waals surface area contributed by atoms with Gasteiger partial charge in [0, 0.05) is 17.7 Å². The maximum absolute atomic E-state index is 13.2. The monoisotopic (exact) mass is 357 g/mol. The van der Waals surface area contributed by atoms with E-state index in [1.165, 1.54) is 12.1 Å². The fourth-order valence-corrected chi connectivity index (χ4v) is 3.13. The fraction of sp³-hybridized carbons (Fsp3) is 0.0476. The minimum atomic E-state index is -0.471. The molecule has 0 amide bonds. The van der Waals surface area contributed by atoms with E-state index in [1.807, 2.05) is 55.5 Å². The second-order valence-corrected chi connectivity index (χ2v) is 6.27. The molecule has 4 aromatic rings. The number of benzene rings is 3. The highest BCUT2D eigenvalue weighted by molar-refractivity contribution is 5.91. The van der Waals surface area contributed by atoms with E-state index in [2.05, 4.69) is 4.98 Å². The predicted octanol–water partition coefficient (Wildman–Crippen LogP) is 4.42. The predicted molar refractivity (Wildman–Crippen MR) is 103 cm³/mol. The van der Waals surface area contributed by atoms with Crippen molar-refractivity contribution in [3.8, 4) is 22.6 Å². The van der Waals surface area contributed by atoms with Gasteiger partial charge in [0.05, 0.1) is 15.9 Å². The van der Waals surface area contributed by atoms with Gasteiger partial charge in [0.1, 0.15) is 5.69 Å². The van der Waals surface area contributed by atoms with E-state index in [1.54, 1.807) is 12.1 Å². The topological polar surface area (TPSA) is 83.0 Å². The number of fused-ring (bicyclic) bond motifs is 1. The molecule has 6 heteroatoms. The number of hydrogen-bond acceptors (Lipinski definition) is 4. The fourth-order valence-electron chi connectivity index (χ4n) is 3.13. The summed E-state index contributed by atoms with van der Waals surface area (Å²) in [6.07, 6.45) is 0. The molecule has 0 bridgehead atoms. The Morgan fingerprint density at radius 3 is 2.37 bits per heavy atom. The number of aromatic nitrogens is 2. The molecule has 0 unspecified atom stereocenters. The van der Waals surface area contributed by atoms with Crippen molar-refractivity contribution in [3.05, 3.63) is 93.7 Å². The quantitative estimate of drug-likeness (QED) is 0.235. The van der Waals surface area contributed by atoms with Crippen LogP contribution in [0.5, 0.6) is 0 Å². The van der Waals surface area contributed by atoms with Gasteiger partial charge in [-0.25, -0.2) is 4.73 Å². The first-order valence-electron chi connectivity index (χ1n) is 8.39. The van der Waals surface area contributed by atoms with Crippen LogP contribution in [0.1, 0.15) is 5.56 Å². The standard InChI is InChI=1S/C21H15N3O3/c1-14-5-4-6-16(13-14)20-18-7-2-3-8-19(18)22-21(23(20)25)15-9-11-17(12-10-15)24(26)27/h2-13H,1H3. The molecule has 1 aromatic heterocycles. The SMILES string of the molecule is Cc1cccc(-c2c3ccccc3nc(-c3ccc([N+](=O)[O-])cc3)[n+]2[O-])c1. The van der Waals surface area contributed by atoms with Gasteiger partial charge in [-0.05, 0) is 42.2 Å². The van der Waals surface area contributed by atoms with Crippen molar-refractivity contribution in [1.82, 2.24) is 4.98 Å². The Labute approximate surface area is 155 Å². The molecule has 0 saturated heterocycles. The number of nitro groups is 1. The van der Waals surface area contributed by atoms with Crippen molar-refractivity contribution in [2.75, 3.05) is 0 Å². The lowest BCUT2D eigenvalue weighted by Gasteiger charge is -2.14. The molecule has 0 spiro atoms. The van der Waals surface area contributed by atoms with Gasteiger partial charge in [0.25, 0.3) is 5.69 Å². The van der Waals surface area contributed by atoms with Gasteiger partial charge in [0.15, 0.2) is 5.52 Å².